The van der Waals surface area contributed by atoms with E-state index in [0.29, 0.717) is 11.3 Å². The lowest BCUT2D eigenvalue weighted by atomic mass is 10.2. The zero-order chi connectivity index (χ0) is 14.8. The molecule has 0 radical (unpaired) electrons. The Kier molecular flexibility index (Phi) is 4.82. The molecule has 2 atom stereocenters. The van der Waals surface area contributed by atoms with Crippen molar-refractivity contribution in [3.63, 3.8) is 0 Å². The van der Waals surface area contributed by atoms with Gasteiger partial charge in [0, 0.05) is 17.0 Å². The van der Waals surface area contributed by atoms with Gasteiger partial charge in [-0.05, 0) is 36.8 Å². The molecule has 112 valence electrons. The maximum absolute atomic E-state index is 11.3. The number of anilines is 2. The number of nitrogen functional groups attached to an aromatic ring is 1. The highest BCUT2D eigenvalue weighted by Crippen LogP contribution is 2.32. The minimum Gasteiger partial charge on any atom is -0.398 e. The third-order valence-corrected chi connectivity index (χ3v) is 5.81. The van der Waals surface area contributed by atoms with Crippen LogP contribution in [0.2, 0.25) is 0 Å². The Morgan fingerprint density at radius 2 is 2.15 bits per heavy atom. The van der Waals surface area contributed by atoms with Crippen molar-refractivity contribution < 1.29 is 8.42 Å². The van der Waals surface area contributed by atoms with E-state index in [4.69, 9.17) is 10.9 Å². The fourth-order valence-electron chi connectivity index (χ4n) is 2.62. The fourth-order valence-corrected chi connectivity index (χ4v) is 4.46. The van der Waals surface area contributed by atoms with E-state index >= 15 is 0 Å². The molecule has 1 saturated carbocycles. The summed E-state index contributed by atoms with van der Waals surface area (Å²) >= 11 is 1.97. The first-order chi connectivity index (χ1) is 9.41. The van der Waals surface area contributed by atoms with Crippen molar-refractivity contribution in [1.82, 2.24) is 0 Å². The van der Waals surface area contributed by atoms with Gasteiger partial charge in [-0.3, -0.25) is 0 Å². The number of benzene rings is 1. The summed E-state index contributed by atoms with van der Waals surface area (Å²) in [5.74, 6) is 1.11. The number of nitrogens with one attached hydrogen (secondary N) is 1. The van der Waals surface area contributed by atoms with Crippen molar-refractivity contribution in [2.75, 3.05) is 16.8 Å². The monoisotopic (exact) mass is 315 g/mol. The summed E-state index contributed by atoms with van der Waals surface area (Å²) in [4.78, 5) is -0.0195. The van der Waals surface area contributed by atoms with Gasteiger partial charge < -0.3 is 11.1 Å². The van der Waals surface area contributed by atoms with Gasteiger partial charge in [-0.2, -0.15) is 11.8 Å². The maximum atomic E-state index is 11.3. The number of rotatable bonds is 5. The first kappa shape index (κ1) is 15.5. The predicted octanol–water partition coefficient (Wildman–Crippen LogP) is 2.00. The molecule has 7 heteroatoms. The summed E-state index contributed by atoms with van der Waals surface area (Å²) in [6.45, 7) is 2.17. The Hall–Kier alpha value is -0.920. The second-order valence-corrected chi connectivity index (χ2v) is 8.02. The van der Waals surface area contributed by atoms with E-state index in [1.54, 1.807) is 12.1 Å². The van der Waals surface area contributed by atoms with Crippen LogP contribution in [0.25, 0.3) is 0 Å². The molecule has 0 bridgehead atoms. The van der Waals surface area contributed by atoms with Gasteiger partial charge in [0.15, 0.2) is 0 Å². The van der Waals surface area contributed by atoms with Gasteiger partial charge in [-0.15, -0.1) is 0 Å². The maximum Gasteiger partial charge on any atom is 0.240 e. The molecule has 1 aliphatic carbocycles. The molecule has 1 fully saturated rings. The fraction of sp³-hybridized carbons (Fsp3) is 0.538. The molecule has 0 aliphatic heterocycles. The smallest absolute Gasteiger partial charge is 0.240 e. The lowest BCUT2D eigenvalue weighted by Gasteiger charge is -2.21. The van der Waals surface area contributed by atoms with Crippen LogP contribution < -0.4 is 16.2 Å². The Labute approximate surface area is 124 Å². The summed E-state index contributed by atoms with van der Waals surface area (Å²) in [6.07, 6.45) is 3.58. The van der Waals surface area contributed by atoms with Crippen LogP contribution in [0.5, 0.6) is 0 Å². The van der Waals surface area contributed by atoms with Gasteiger partial charge in [0.25, 0.3) is 0 Å². The highest BCUT2D eigenvalue weighted by molar-refractivity contribution is 7.99. The average Bonchev–Trinajstić information content (AvgIpc) is 2.75. The third kappa shape index (κ3) is 3.59. The van der Waals surface area contributed by atoms with Crippen LogP contribution >= 0.6 is 11.8 Å². The summed E-state index contributed by atoms with van der Waals surface area (Å²) in [7, 11) is -3.75. The van der Waals surface area contributed by atoms with Gasteiger partial charge in [-0.25, -0.2) is 13.6 Å². The van der Waals surface area contributed by atoms with Crippen molar-refractivity contribution >= 4 is 33.2 Å². The van der Waals surface area contributed by atoms with E-state index in [0.717, 1.165) is 17.9 Å². The molecule has 2 unspecified atom stereocenters. The van der Waals surface area contributed by atoms with Gasteiger partial charge in [0.05, 0.1) is 5.69 Å². The number of hydrogen-bond donors (Lipinski definition) is 3. The molecule has 0 saturated heterocycles. The zero-order valence-corrected chi connectivity index (χ0v) is 13.1. The van der Waals surface area contributed by atoms with E-state index in [1.165, 1.54) is 18.9 Å². The Balaban J connectivity index is 2.13. The van der Waals surface area contributed by atoms with Crippen LogP contribution in [0, 0.1) is 0 Å². The summed E-state index contributed by atoms with van der Waals surface area (Å²) in [5, 5.41) is 9.17. The van der Waals surface area contributed by atoms with Crippen molar-refractivity contribution in [3.8, 4) is 0 Å². The predicted molar refractivity (Wildman–Crippen MR) is 85.4 cm³/mol. The molecule has 1 aromatic rings. The van der Waals surface area contributed by atoms with E-state index in [1.807, 2.05) is 11.8 Å². The number of nitrogens with two attached hydrogens (primary N) is 2. The molecule has 0 amide bonds. The van der Waals surface area contributed by atoms with E-state index < -0.39 is 10.0 Å². The normalized spacial score (nSPS) is 22.9. The van der Waals surface area contributed by atoms with Gasteiger partial charge in [0.1, 0.15) is 4.90 Å². The molecule has 5 N–H and O–H groups in total. The van der Waals surface area contributed by atoms with Crippen molar-refractivity contribution in [1.29, 1.82) is 0 Å². The lowest BCUT2D eigenvalue weighted by molar-refractivity contribution is 0.598. The standard InChI is InChI=1S/C13H21N3O2S2/c1-2-19-12-5-3-4-11(12)16-9-6-7-13(10(14)8-9)20(15,17)18/h6-8,11-12,16H,2-5,14H2,1H3,(H2,15,17,18). The second-order valence-electron chi connectivity index (χ2n) is 4.97. The highest BCUT2D eigenvalue weighted by Gasteiger charge is 2.27. The minimum absolute atomic E-state index is 0.0195. The van der Waals surface area contributed by atoms with E-state index in [2.05, 4.69) is 12.2 Å². The van der Waals surface area contributed by atoms with Crippen LogP contribution in [0.15, 0.2) is 23.1 Å². The molecule has 5 nitrogen and oxygen atoms in total. The van der Waals surface area contributed by atoms with E-state index in [-0.39, 0.29) is 10.6 Å². The van der Waals surface area contributed by atoms with Crippen molar-refractivity contribution in [2.45, 2.75) is 42.4 Å². The Bertz CT molecular complexity index is 575. The van der Waals surface area contributed by atoms with Gasteiger partial charge in [0.2, 0.25) is 10.0 Å². The quantitative estimate of drug-likeness (QED) is 0.722. The van der Waals surface area contributed by atoms with Crippen molar-refractivity contribution in [2.24, 2.45) is 5.14 Å². The lowest BCUT2D eigenvalue weighted by Crippen LogP contribution is -2.26. The minimum atomic E-state index is -3.75. The number of thioether (sulfide) groups is 1. The van der Waals surface area contributed by atoms with Crippen LogP contribution in [0.3, 0.4) is 0 Å². The molecule has 2 rings (SSSR count). The van der Waals surface area contributed by atoms with Crippen LogP contribution in [0.1, 0.15) is 26.2 Å². The van der Waals surface area contributed by atoms with E-state index in [9.17, 15) is 8.42 Å². The first-order valence-corrected chi connectivity index (χ1v) is 9.31. The van der Waals surface area contributed by atoms with Gasteiger partial charge >= 0.3 is 0 Å². The molecule has 20 heavy (non-hydrogen) atoms. The number of sulfonamides is 1. The third-order valence-electron chi connectivity index (χ3n) is 3.50. The summed E-state index contributed by atoms with van der Waals surface area (Å²) < 4.78 is 22.6. The largest absolute Gasteiger partial charge is 0.398 e. The zero-order valence-electron chi connectivity index (χ0n) is 11.5. The molecule has 0 spiro atoms. The van der Waals surface area contributed by atoms with Crippen LogP contribution in [-0.4, -0.2) is 25.5 Å². The van der Waals surface area contributed by atoms with Crippen LogP contribution in [0.4, 0.5) is 11.4 Å². The SMILES string of the molecule is CCSC1CCCC1Nc1ccc(S(N)(=O)=O)c(N)c1. The molecule has 0 heterocycles. The second kappa shape index (κ2) is 6.24. The van der Waals surface area contributed by atoms with Crippen LogP contribution in [-0.2, 0) is 10.0 Å². The van der Waals surface area contributed by atoms with Crippen molar-refractivity contribution in [3.05, 3.63) is 18.2 Å². The summed E-state index contributed by atoms with van der Waals surface area (Å²) in [5.41, 5.74) is 6.81. The van der Waals surface area contributed by atoms with Gasteiger partial charge in [-0.1, -0.05) is 13.3 Å². The number of hydrogen-bond acceptors (Lipinski definition) is 5. The molecule has 1 aromatic carbocycles. The molecular formula is C13H21N3O2S2. The topological polar surface area (TPSA) is 98.2 Å². The number of primary sulfonamides is 1. The molecule has 1 aliphatic rings. The average molecular weight is 315 g/mol. The Morgan fingerprint density at radius 3 is 2.75 bits per heavy atom. The summed E-state index contributed by atoms with van der Waals surface area (Å²) in [6, 6.07) is 5.25. The highest BCUT2D eigenvalue weighted by atomic mass is 32.2. The Morgan fingerprint density at radius 1 is 1.40 bits per heavy atom. The molecule has 0 aromatic heterocycles. The first-order valence-electron chi connectivity index (χ1n) is 6.72. The molecular weight excluding hydrogens is 294 g/mol.